The third-order valence-electron chi connectivity index (χ3n) is 4.59. The van der Waals surface area contributed by atoms with E-state index in [0.717, 1.165) is 29.7 Å². The Kier molecular flexibility index (Phi) is 4.69. The van der Waals surface area contributed by atoms with Crippen LogP contribution in [-0.2, 0) is 0 Å². The van der Waals surface area contributed by atoms with Gasteiger partial charge in [-0.2, -0.15) is 0 Å². The predicted octanol–water partition coefficient (Wildman–Crippen LogP) is 3.42. The molecule has 1 saturated carbocycles. The summed E-state index contributed by atoms with van der Waals surface area (Å²) in [5, 5.41) is 6.17. The molecular weight excluding hydrogens is 302 g/mol. The summed E-state index contributed by atoms with van der Waals surface area (Å²) < 4.78 is 5.31. The number of methoxy groups -OCH3 is 1. The molecule has 2 amide bonds. The zero-order valence-electron chi connectivity index (χ0n) is 14.1. The lowest BCUT2D eigenvalue weighted by Gasteiger charge is -2.39. The minimum Gasteiger partial charge on any atom is -0.497 e. The van der Waals surface area contributed by atoms with Gasteiger partial charge in [0.2, 0.25) is 0 Å². The number of nitrogens with one attached hydrogen (secondary N) is 2. The zero-order valence-corrected chi connectivity index (χ0v) is 14.1. The van der Waals surface area contributed by atoms with Gasteiger partial charge in [-0.15, -0.1) is 0 Å². The van der Waals surface area contributed by atoms with Crippen molar-refractivity contribution in [3.63, 3.8) is 0 Å². The summed E-state index contributed by atoms with van der Waals surface area (Å²) in [7, 11) is 1.63. The van der Waals surface area contributed by atoms with E-state index in [-0.39, 0.29) is 17.6 Å². The molecule has 3 rings (SSSR count). The maximum atomic E-state index is 12.5. The van der Waals surface area contributed by atoms with Crippen molar-refractivity contribution in [2.75, 3.05) is 7.11 Å². The molecule has 2 aromatic rings. The quantitative estimate of drug-likeness (QED) is 0.885. The predicted molar refractivity (Wildman–Crippen MR) is 93.0 cm³/mol. The first kappa shape index (κ1) is 16.3. The molecule has 126 valence electrons. The second-order valence-corrected chi connectivity index (χ2v) is 6.51. The van der Waals surface area contributed by atoms with Crippen molar-refractivity contribution in [2.24, 2.45) is 0 Å². The Bertz CT molecular complexity index is 699. The molecule has 0 bridgehead atoms. The number of amides is 2. The number of hydrogen-bond donors (Lipinski definition) is 2. The van der Waals surface area contributed by atoms with E-state index in [4.69, 9.17) is 4.74 Å². The number of benzene rings is 1. The zero-order chi connectivity index (χ0) is 17.0. The van der Waals surface area contributed by atoms with E-state index in [9.17, 15) is 4.79 Å². The Hall–Kier alpha value is -2.56. The van der Waals surface area contributed by atoms with Crippen LogP contribution < -0.4 is 15.4 Å². The van der Waals surface area contributed by atoms with Crippen LogP contribution in [0, 0.1) is 0 Å². The van der Waals surface area contributed by atoms with Crippen LogP contribution in [0.15, 0.2) is 48.8 Å². The van der Waals surface area contributed by atoms with Crippen LogP contribution in [0.3, 0.4) is 0 Å². The van der Waals surface area contributed by atoms with Crippen LogP contribution in [0.2, 0.25) is 0 Å². The van der Waals surface area contributed by atoms with E-state index in [1.807, 2.05) is 36.4 Å². The molecule has 0 saturated heterocycles. The second kappa shape index (κ2) is 6.91. The van der Waals surface area contributed by atoms with Gasteiger partial charge in [0.25, 0.3) is 0 Å². The second-order valence-electron chi connectivity index (χ2n) is 6.51. The molecule has 1 aromatic heterocycles. The Morgan fingerprint density at radius 3 is 2.67 bits per heavy atom. The molecule has 2 N–H and O–H groups in total. The first-order valence-corrected chi connectivity index (χ1v) is 8.22. The summed E-state index contributed by atoms with van der Waals surface area (Å²) in [6, 6.07) is 11.1. The standard InChI is InChI=1S/C19H23N3O2/c1-19(9-5-10-19)22-18(23)21-17(15-7-4-11-20-13-15)14-6-3-8-16(12-14)24-2/h3-4,6-8,11-13,17H,5,9-10H2,1-2H3,(H2,21,22,23)/t17-/m0/s1. The van der Waals surface area contributed by atoms with Gasteiger partial charge in [-0.25, -0.2) is 4.79 Å². The molecule has 5 heteroatoms. The molecule has 1 heterocycles. The van der Waals surface area contributed by atoms with Crippen LogP contribution in [0.1, 0.15) is 43.4 Å². The number of carbonyl (C=O) groups is 1. The van der Waals surface area contributed by atoms with Gasteiger partial charge in [-0.05, 0) is 55.5 Å². The lowest BCUT2D eigenvalue weighted by molar-refractivity contribution is 0.190. The number of carbonyl (C=O) groups excluding carboxylic acids is 1. The van der Waals surface area contributed by atoms with E-state index in [0.29, 0.717) is 0 Å². The van der Waals surface area contributed by atoms with Gasteiger partial charge in [0.15, 0.2) is 0 Å². The number of pyridine rings is 1. The van der Waals surface area contributed by atoms with Crippen LogP contribution in [0.4, 0.5) is 4.79 Å². The lowest BCUT2D eigenvalue weighted by atomic mass is 9.79. The summed E-state index contributed by atoms with van der Waals surface area (Å²) in [5.41, 5.74) is 1.80. The Labute approximate surface area is 142 Å². The SMILES string of the molecule is COc1cccc([C@H](NC(=O)NC2(C)CCC2)c2cccnc2)c1. The molecule has 1 aromatic carbocycles. The summed E-state index contributed by atoms with van der Waals surface area (Å²) >= 11 is 0. The molecule has 1 aliphatic carbocycles. The minimum atomic E-state index is -0.280. The van der Waals surface area contributed by atoms with Gasteiger partial charge in [-0.1, -0.05) is 18.2 Å². The summed E-state index contributed by atoms with van der Waals surface area (Å²) in [6.45, 7) is 2.08. The number of aromatic nitrogens is 1. The monoisotopic (exact) mass is 325 g/mol. The van der Waals surface area contributed by atoms with Crippen molar-refractivity contribution in [1.82, 2.24) is 15.6 Å². The fraction of sp³-hybridized carbons (Fsp3) is 0.368. The Balaban J connectivity index is 1.83. The molecular formula is C19H23N3O2. The summed E-state index contributed by atoms with van der Waals surface area (Å²) in [4.78, 5) is 16.7. The van der Waals surface area contributed by atoms with E-state index in [1.165, 1.54) is 6.42 Å². The topological polar surface area (TPSA) is 63.2 Å². The highest BCUT2D eigenvalue weighted by atomic mass is 16.5. The number of nitrogens with zero attached hydrogens (tertiary/aromatic N) is 1. The molecule has 0 aliphatic heterocycles. The fourth-order valence-electron chi connectivity index (χ4n) is 3.00. The van der Waals surface area contributed by atoms with Gasteiger partial charge >= 0.3 is 6.03 Å². The van der Waals surface area contributed by atoms with Crippen molar-refractivity contribution >= 4 is 6.03 Å². The van der Waals surface area contributed by atoms with E-state index >= 15 is 0 Å². The molecule has 1 atom stereocenters. The summed E-state index contributed by atoms with van der Waals surface area (Å²) in [6.07, 6.45) is 6.71. The number of urea groups is 1. The first-order chi connectivity index (χ1) is 11.6. The minimum absolute atomic E-state index is 0.0854. The highest BCUT2D eigenvalue weighted by molar-refractivity contribution is 5.76. The van der Waals surface area contributed by atoms with Crippen molar-refractivity contribution in [2.45, 2.75) is 37.8 Å². The van der Waals surface area contributed by atoms with Crippen LogP contribution in [0.5, 0.6) is 5.75 Å². The average molecular weight is 325 g/mol. The van der Waals surface area contributed by atoms with Crippen LogP contribution >= 0.6 is 0 Å². The molecule has 1 fully saturated rings. The van der Waals surface area contributed by atoms with Crippen LogP contribution in [-0.4, -0.2) is 23.7 Å². The van der Waals surface area contributed by atoms with E-state index < -0.39 is 0 Å². The smallest absolute Gasteiger partial charge is 0.315 e. The number of ether oxygens (including phenoxy) is 1. The van der Waals surface area contributed by atoms with Gasteiger partial charge < -0.3 is 15.4 Å². The highest BCUT2D eigenvalue weighted by Gasteiger charge is 2.33. The molecule has 1 aliphatic rings. The molecule has 24 heavy (non-hydrogen) atoms. The molecule has 0 spiro atoms. The Morgan fingerprint density at radius 1 is 1.25 bits per heavy atom. The maximum Gasteiger partial charge on any atom is 0.315 e. The van der Waals surface area contributed by atoms with Gasteiger partial charge in [0.05, 0.1) is 13.2 Å². The number of hydrogen-bond acceptors (Lipinski definition) is 3. The molecule has 5 nitrogen and oxygen atoms in total. The average Bonchev–Trinajstić information content (AvgIpc) is 2.59. The Morgan fingerprint density at radius 2 is 2.04 bits per heavy atom. The molecule has 0 unspecified atom stereocenters. The van der Waals surface area contributed by atoms with Gasteiger partial charge in [0, 0.05) is 17.9 Å². The maximum absolute atomic E-state index is 12.5. The lowest BCUT2D eigenvalue weighted by Crippen LogP contribution is -2.54. The van der Waals surface area contributed by atoms with E-state index in [2.05, 4.69) is 22.5 Å². The van der Waals surface area contributed by atoms with Crippen molar-refractivity contribution < 1.29 is 9.53 Å². The third-order valence-corrected chi connectivity index (χ3v) is 4.59. The first-order valence-electron chi connectivity index (χ1n) is 8.22. The summed E-state index contributed by atoms with van der Waals surface area (Å²) in [5.74, 6) is 0.759. The largest absolute Gasteiger partial charge is 0.497 e. The van der Waals surface area contributed by atoms with Gasteiger partial charge in [0.1, 0.15) is 5.75 Å². The van der Waals surface area contributed by atoms with Crippen LogP contribution in [0.25, 0.3) is 0 Å². The van der Waals surface area contributed by atoms with Gasteiger partial charge in [-0.3, -0.25) is 4.98 Å². The highest BCUT2D eigenvalue weighted by Crippen LogP contribution is 2.31. The van der Waals surface area contributed by atoms with Crippen molar-refractivity contribution in [3.8, 4) is 5.75 Å². The number of rotatable bonds is 5. The normalized spacial score (nSPS) is 16.6. The van der Waals surface area contributed by atoms with Crippen molar-refractivity contribution in [3.05, 3.63) is 59.9 Å². The fourth-order valence-corrected chi connectivity index (χ4v) is 3.00. The van der Waals surface area contributed by atoms with Crippen molar-refractivity contribution in [1.29, 1.82) is 0 Å². The molecule has 0 radical (unpaired) electrons. The van der Waals surface area contributed by atoms with E-state index in [1.54, 1.807) is 19.5 Å². The third kappa shape index (κ3) is 3.67.